The van der Waals surface area contributed by atoms with E-state index in [0.717, 1.165) is 16.9 Å². The SMILES string of the molecule is CCOC(=O)c1ccc(Nc2nc3cccccc-3c2C#N)cc1. The number of esters is 1. The van der Waals surface area contributed by atoms with E-state index in [9.17, 15) is 10.1 Å². The zero-order valence-electron chi connectivity index (χ0n) is 13.1. The number of fused-ring (bicyclic) bond motifs is 1. The average molecular weight is 317 g/mol. The van der Waals surface area contributed by atoms with Crippen LogP contribution in [0.3, 0.4) is 0 Å². The van der Waals surface area contributed by atoms with Crippen molar-refractivity contribution in [3.05, 3.63) is 65.7 Å². The molecule has 0 radical (unpaired) electrons. The number of aromatic nitrogens is 1. The average Bonchev–Trinajstić information content (AvgIpc) is 2.76. The van der Waals surface area contributed by atoms with Gasteiger partial charge in [-0.15, -0.1) is 0 Å². The standard InChI is InChI=1S/C19H15N3O2/c1-2-24-19(23)13-8-10-14(11-9-13)21-18-16(12-20)15-6-4-3-5-7-17(15)22-18/h3-11H,2H2,1H3,(H,21,22). The van der Waals surface area contributed by atoms with Gasteiger partial charge in [0.25, 0.3) is 0 Å². The van der Waals surface area contributed by atoms with Crippen LogP contribution in [-0.4, -0.2) is 17.6 Å². The number of nitrogens with zero attached hydrogens (tertiary/aromatic N) is 2. The van der Waals surface area contributed by atoms with Crippen LogP contribution in [0.4, 0.5) is 11.5 Å². The number of rotatable bonds is 4. The molecule has 5 nitrogen and oxygen atoms in total. The fraction of sp³-hybridized carbons (Fsp3) is 0.105. The van der Waals surface area contributed by atoms with Crippen LogP contribution < -0.4 is 5.32 Å². The number of ether oxygens (including phenoxy) is 1. The van der Waals surface area contributed by atoms with Crippen molar-refractivity contribution in [1.29, 1.82) is 5.26 Å². The number of carbonyl (C=O) groups is 1. The first-order valence-corrected chi connectivity index (χ1v) is 7.56. The molecule has 24 heavy (non-hydrogen) atoms. The summed E-state index contributed by atoms with van der Waals surface area (Å²) in [6.07, 6.45) is 0. The van der Waals surface area contributed by atoms with E-state index in [-0.39, 0.29) is 5.97 Å². The van der Waals surface area contributed by atoms with Crippen LogP contribution in [0.1, 0.15) is 22.8 Å². The molecule has 0 spiro atoms. The summed E-state index contributed by atoms with van der Waals surface area (Å²) >= 11 is 0. The molecule has 1 heterocycles. The van der Waals surface area contributed by atoms with Crippen LogP contribution in [0, 0.1) is 11.3 Å². The third kappa shape index (κ3) is 3.03. The van der Waals surface area contributed by atoms with E-state index < -0.39 is 0 Å². The Morgan fingerprint density at radius 3 is 2.62 bits per heavy atom. The number of anilines is 2. The molecule has 2 aliphatic rings. The Morgan fingerprint density at radius 2 is 1.92 bits per heavy atom. The van der Waals surface area contributed by atoms with E-state index in [2.05, 4.69) is 16.4 Å². The van der Waals surface area contributed by atoms with Crippen LogP contribution in [0.2, 0.25) is 0 Å². The molecule has 1 N–H and O–H groups in total. The van der Waals surface area contributed by atoms with E-state index in [1.54, 1.807) is 31.2 Å². The molecule has 0 amide bonds. The van der Waals surface area contributed by atoms with Gasteiger partial charge in [-0.2, -0.15) is 5.26 Å². The summed E-state index contributed by atoms with van der Waals surface area (Å²) in [5, 5.41) is 12.6. The first kappa shape index (κ1) is 15.5. The van der Waals surface area contributed by atoms with Crippen LogP contribution in [0.15, 0.2) is 54.6 Å². The molecule has 1 aromatic carbocycles. The maximum Gasteiger partial charge on any atom is 0.338 e. The molecule has 0 aromatic heterocycles. The third-order valence-corrected chi connectivity index (χ3v) is 3.52. The predicted octanol–water partition coefficient (Wildman–Crippen LogP) is 3.98. The molecular formula is C19H15N3O2. The number of carbonyl (C=O) groups excluding carboxylic acids is 1. The van der Waals surface area contributed by atoms with Crippen LogP contribution >= 0.6 is 0 Å². The predicted molar refractivity (Wildman–Crippen MR) is 91.3 cm³/mol. The summed E-state index contributed by atoms with van der Waals surface area (Å²) in [7, 11) is 0. The van der Waals surface area contributed by atoms with E-state index in [1.165, 1.54) is 0 Å². The fourth-order valence-electron chi connectivity index (χ4n) is 2.40. The molecule has 3 rings (SSSR count). The highest BCUT2D eigenvalue weighted by atomic mass is 16.5. The minimum atomic E-state index is -0.355. The Morgan fingerprint density at radius 1 is 1.17 bits per heavy atom. The lowest BCUT2D eigenvalue weighted by Crippen LogP contribution is -2.04. The summed E-state index contributed by atoms with van der Waals surface area (Å²) < 4.78 is 4.96. The normalized spacial score (nSPS) is 10.2. The van der Waals surface area contributed by atoms with E-state index in [1.807, 2.05) is 30.3 Å². The van der Waals surface area contributed by atoms with Gasteiger partial charge < -0.3 is 10.1 Å². The minimum Gasteiger partial charge on any atom is -0.462 e. The summed E-state index contributed by atoms with van der Waals surface area (Å²) in [4.78, 5) is 16.1. The van der Waals surface area contributed by atoms with Crippen molar-refractivity contribution in [1.82, 2.24) is 4.98 Å². The Labute approximate surface area is 139 Å². The van der Waals surface area contributed by atoms with Crippen molar-refractivity contribution in [3.8, 4) is 17.3 Å². The first-order chi connectivity index (χ1) is 11.7. The molecule has 0 fully saturated rings. The number of benzene rings is 1. The largest absolute Gasteiger partial charge is 0.462 e. The third-order valence-electron chi connectivity index (χ3n) is 3.52. The topological polar surface area (TPSA) is 75.0 Å². The summed E-state index contributed by atoms with van der Waals surface area (Å²) in [5.74, 6) is 0.147. The van der Waals surface area contributed by atoms with Crippen LogP contribution in [0.5, 0.6) is 0 Å². The number of hydrogen-bond donors (Lipinski definition) is 1. The zero-order chi connectivity index (χ0) is 16.9. The van der Waals surface area contributed by atoms with Crippen molar-refractivity contribution in [2.75, 3.05) is 11.9 Å². The van der Waals surface area contributed by atoms with Gasteiger partial charge in [-0.1, -0.05) is 24.3 Å². The fourth-order valence-corrected chi connectivity index (χ4v) is 2.40. The monoisotopic (exact) mass is 317 g/mol. The van der Waals surface area contributed by atoms with E-state index >= 15 is 0 Å². The molecule has 1 aliphatic carbocycles. The first-order valence-electron chi connectivity index (χ1n) is 7.56. The van der Waals surface area contributed by atoms with Crippen molar-refractivity contribution in [3.63, 3.8) is 0 Å². The van der Waals surface area contributed by atoms with Gasteiger partial charge in [-0.05, 0) is 37.3 Å². The maximum atomic E-state index is 11.7. The number of nitriles is 1. The second kappa shape index (κ2) is 6.80. The lowest BCUT2D eigenvalue weighted by molar-refractivity contribution is 0.0526. The highest BCUT2D eigenvalue weighted by Crippen LogP contribution is 2.32. The lowest BCUT2D eigenvalue weighted by Gasteiger charge is -2.05. The second-order valence-electron chi connectivity index (χ2n) is 5.08. The van der Waals surface area contributed by atoms with Gasteiger partial charge in [-0.25, -0.2) is 9.78 Å². The van der Waals surface area contributed by atoms with Crippen molar-refractivity contribution in [2.24, 2.45) is 0 Å². The quantitative estimate of drug-likeness (QED) is 0.737. The molecule has 0 bridgehead atoms. The second-order valence-corrected chi connectivity index (χ2v) is 5.08. The van der Waals surface area contributed by atoms with Gasteiger partial charge in [0, 0.05) is 11.3 Å². The van der Waals surface area contributed by atoms with Gasteiger partial charge >= 0.3 is 5.97 Å². The summed E-state index contributed by atoms with van der Waals surface area (Å²) in [6, 6.07) is 18.5. The Balaban J connectivity index is 1.89. The zero-order valence-corrected chi connectivity index (χ0v) is 13.1. The van der Waals surface area contributed by atoms with Gasteiger partial charge in [0.05, 0.1) is 17.9 Å². The Bertz CT molecular complexity index is 882. The lowest BCUT2D eigenvalue weighted by atomic mass is 10.1. The van der Waals surface area contributed by atoms with Gasteiger partial charge in [0.15, 0.2) is 0 Å². The van der Waals surface area contributed by atoms with Gasteiger partial charge in [-0.3, -0.25) is 0 Å². The number of nitrogens with one attached hydrogen (secondary N) is 1. The van der Waals surface area contributed by atoms with Crippen LogP contribution in [-0.2, 0) is 4.74 Å². The molecule has 1 aromatic rings. The maximum absolute atomic E-state index is 11.7. The molecule has 0 atom stereocenters. The van der Waals surface area contributed by atoms with Crippen molar-refractivity contribution < 1.29 is 9.53 Å². The Hall–Kier alpha value is -3.39. The molecule has 5 heteroatoms. The van der Waals surface area contributed by atoms with Gasteiger partial charge in [0.1, 0.15) is 17.5 Å². The van der Waals surface area contributed by atoms with E-state index in [4.69, 9.17) is 4.74 Å². The Kier molecular flexibility index (Phi) is 4.39. The summed E-state index contributed by atoms with van der Waals surface area (Å²) in [5.41, 5.74) is 3.27. The van der Waals surface area contributed by atoms with Crippen molar-refractivity contribution >= 4 is 17.5 Å². The van der Waals surface area contributed by atoms with Gasteiger partial charge in [0.2, 0.25) is 0 Å². The molecular weight excluding hydrogens is 302 g/mol. The smallest absolute Gasteiger partial charge is 0.338 e. The number of hydrogen-bond acceptors (Lipinski definition) is 5. The molecule has 1 aliphatic heterocycles. The molecule has 0 saturated heterocycles. The summed E-state index contributed by atoms with van der Waals surface area (Å²) in [6.45, 7) is 2.11. The molecule has 0 unspecified atom stereocenters. The minimum absolute atomic E-state index is 0.339. The van der Waals surface area contributed by atoms with Crippen LogP contribution in [0.25, 0.3) is 11.3 Å². The molecule has 0 saturated carbocycles. The highest BCUT2D eigenvalue weighted by molar-refractivity contribution is 5.90. The van der Waals surface area contributed by atoms with E-state index in [0.29, 0.717) is 23.6 Å². The molecule has 118 valence electrons. The van der Waals surface area contributed by atoms with Crippen molar-refractivity contribution in [2.45, 2.75) is 6.92 Å². The highest BCUT2D eigenvalue weighted by Gasteiger charge is 2.17.